The molecule has 4 rings (SSSR count). The molecular formula is C30H28O5S2. The number of aryl methyl sites for hydroxylation is 1. The van der Waals surface area contributed by atoms with Gasteiger partial charge in [0.15, 0.2) is 15.6 Å². The van der Waals surface area contributed by atoms with Gasteiger partial charge in [0.2, 0.25) is 9.84 Å². The van der Waals surface area contributed by atoms with Crippen molar-refractivity contribution in [1.82, 2.24) is 0 Å². The minimum Gasteiger partial charge on any atom is -0.292 e. The summed E-state index contributed by atoms with van der Waals surface area (Å²) in [6.45, 7) is 4.58. The van der Waals surface area contributed by atoms with Crippen LogP contribution >= 0.6 is 0 Å². The van der Waals surface area contributed by atoms with Crippen molar-refractivity contribution in [3.05, 3.63) is 125 Å². The predicted molar refractivity (Wildman–Crippen MR) is 144 cm³/mol. The highest BCUT2D eigenvalue weighted by Crippen LogP contribution is 2.30. The fourth-order valence-corrected chi connectivity index (χ4v) is 6.73. The average molecular weight is 533 g/mol. The van der Waals surface area contributed by atoms with E-state index < -0.39 is 30.2 Å². The highest BCUT2D eigenvalue weighted by molar-refractivity contribution is 7.93. The molecule has 0 N–H and O–H groups in total. The number of rotatable bonds is 8. The SMILES string of the molecule is Cc1ccc(S(=O)(=O)C(C)(C)C(=O)c2ccc(S(=O)(=O)c3ccc(Cc4ccccc4)cc3)cc2)cc1. The second kappa shape index (κ2) is 10.1. The van der Waals surface area contributed by atoms with E-state index in [4.69, 9.17) is 0 Å². The predicted octanol–water partition coefficient (Wildman–Crippen LogP) is 5.85. The first-order chi connectivity index (χ1) is 17.4. The van der Waals surface area contributed by atoms with Crippen LogP contribution in [0, 0.1) is 6.92 Å². The zero-order chi connectivity index (χ0) is 26.8. The second-order valence-corrected chi connectivity index (χ2v) is 13.9. The lowest BCUT2D eigenvalue weighted by Gasteiger charge is -2.23. The van der Waals surface area contributed by atoms with Crippen molar-refractivity contribution < 1.29 is 21.6 Å². The Balaban J connectivity index is 1.55. The molecular weight excluding hydrogens is 504 g/mol. The van der Waals surface area contributed by atoms with Crippen molar-refractivity contribution in [2.75, 3.05) is 0 Å². The van der Waals surface area contributed by atoms with Crippen molar-refractivity contribution in [1.29, 1.82) is 0 Å². The number of hydrogen-bond donors (Lipinski definition) is 0. The maximum atomic E-state index is 13.2. The van der Waals surface area contributed by atoms with Crippen molar-refractivity contribution in [2.24, 2.45) is 0 Å². The molecule has 0 heterocycles. The van der Waals surface area contributed by atoms with Crippen molar-refractivity contribution in [3.8, 4) is 0 Å². The van der Waals surface area contributed by atoms with Crippen LogP contribution in [0.15, 0.2) is 118 Å². The molecule has 0 bridgehead atoms. The molecule has 4 aromatic rings. The molecule has 190 valence electrons. The zero-order valence-electron chi connectivity index (χ0n) is 20.9. The van der Waals surface area contributed by atoms with Gasteiger partial charge < -0.3 is 0 Å². The van der Waals surface area contributed by atoms with Crippen LogP contribution in [0.25, 0.3) is 0 Å². The van der Waals surface area contributed by atoms with E-state index in [0.717, 1.165) is 16.7 Å². The van der Waals surface area contributed by atoms with Gasteiger partial charge in [-0.05, 0) is 74.7 Å². The molecule has 0 aliphatic heterocycles. The highest BCUT2D eigenvalue weighted by Gasteiger charge is 2.43. The number of benzene rings is 4. The van der Waals surface area contributed by atoms with E-state index >= 15 is 0 Å². The number of Topliss-reactive ketones (excluding diaryl/α,β-unsaturated/α-hetero) is 1. The van der Waals surface area contributed by atoms with Crippen LogP contribution in [0.3, 0.4) is 0 Å². The van der Waals surface area contributed by atoms with Gasteiger partial charge >= 0.3 is 0 Å². The summed E-state index contributed by atoms with van der Waals surface area (Å²) in [5.41, 5.74) is 3.15. The molecule has 0 saturated heterocycles. The molecule has 0 amide bonds. The Hall–Kier alpha value is -3.55. The molecule has 0 aliphatic rings. The van der Waals surface area contributed by atoms with E-state index in [9.17, 15) is 21.6 Å². The van der Waals surface area contributed by atoms with Crippen LogP contribution in [0.4, 0.5) is 0 Å². The van der Waals surface area contributed by atoms with Crippen LogP contribution in [0.2, 0.25) is 0 Å². The van der Waals surface area contributed by atoms with Crippen molar-refractivity contribution in [2.45, 2.75) is 46.6 Å². The Kier molecular flexibility index (Phi) is 7.22. The van der Waals surface area contributed by atoms with E-state index in [2.05, 4.69) is 0 Å². The summed E-state index contributed by atoms with van der Waals surface area (Å²) in [6.07, 6.45) is 0.694. The van der Waals surface area contributed by atoms with Gasteiger partial charge in [-0.25, -0.2) is 16.8 Å². The molecule has 7 heteroatoms. The van der Waals surface area contributed by atoms with Gasteiger partial charge in [0.05, 0.1) is 14.7 Å². The van der Waals surface area contributed by atoms with Crippen LogP contribution in [-0.2, 0) is 26.1 Å². The van der Waals surface area contributed by atoms with Gasteiger partial charge in [-0.15, -0.1) is 0 Å². The molecule has 0 spiro atoms. The Morgan fingerprint density at radius 1 is 0.622 bits per heavy atom. The first kappa shape index (κ1) is 26.5. The number of hydrogen-bond acceptors (Lipinski definition) is 5. The van der Waals surface area contributed by atoms with Crippen molar-refractivity contribution in [3.63, 3.8) is 0 Å². The van der Waals surface area contributed by atoms with Gasteiger partial charge in [-0.2, -0.15) is 0 Å². The third-order valence-electron chi connectivity index (χ3n) is 6.46. The molecule has 5 nitrogen and oxygen atoms in total. The normalized spacial score (nSPS) is 12.3. The molecule has 0 fully saturated rings. The molecule has 0 radical (unpaired) electrons. The zero-order valence-corrected chi connectivity index (χ0v) is 22.5. The lowest BCUT2D eigenvalue weighted by molar-refractivity contribution is 0.0953. The topological polar surface area (TPSA) is 85.3 Å². The smallest absolute Gasteiger partial charge is 0.206 e. The lowest BCUT2D eigenvalue weighted by Crippen LogP contribution is -2.40. The van der Waals surface area contributed by atoms with Gasteiger partial charge in [0.1, 0.15) is 4.75 Å². The second-order valence-electron chi connectivity index (χ2n) is 9.49. The molecule has 0 aromatic heterocycles. The Labute approximate surface area is 218 Å². The number of sulfone groups is 2. The summed E-state index contributed by atoms with van der Waals surface area (Å²) < 4.78 is 51.0. The summed E-state index contributed by atoms with van der Waals surface area (Å²) in [7, 11) is -7.79. The standard InChI is InChI=1S/C30H28O5S2/c1-22-9-15-28(16-10-22)37(34,35)30(2,3)29(31)25-13-19-27(20-14-25)36(32,33)26-17-11-24(12-18-26)21-23-7-5-4-6-8-23/h4-20H,21H2,1-3H3. The number of carbonyl (C=O) groups is 1. The summed E-state index contributed by atoms with van der Waals surface area (Å²) >= 11 is 0. The molecule has 37 heavy (non-hydrogen) atoms. The summed E-state index contributed by atoms with van der Waals surface area (Å²) in [6, 6.07) is 28.4. The first-order valence-electron chi connectivity index (χ1n) is 11.8. The summed E-state index contributed by atoms with van der Waals surface area (Å²) in [5.74, 6) is -0.609. The van der Waals surface area contributed by atoms with Crippen LogP contribution < -0.4 is 0 Å². The molecule has 4 aromatic carbocycles. The van der Waals surface area contributed by atoms with Gasteiger partial charge in [-0.1, -0.05) is 72.3 Å². The fraction of sp³-hybridized carbons (Fsp3) is 0.167. The highest BCUT2D eigenvalue weighted by atomic mass is 32.2. The van der Waals surface area contributed by atoms with E-state index in [-0.39, 0.29) is 20.2 Å². The minimum absolute atomic E-state index is 0.0269. The van der Waals surface area contributed by atoms with E-state index in [1.54, 1.807) is 36.4 Å². The largest absolute Gasteiger partial charge is 0.292 e. The van der Waals surface area contributed by atoms with E-state index in [1.807, 2.05) is 37.3 Å². The Morgan fingerprint density at radius 2 is 1.08 bits per heavy atom. The third-order valence-corrected chi connectivity index (χ3v) is 10.7. The third kappa shape index (κ3) is 5.29. The van der Waals surface area contributed by atoms with Crippen molar-refractivity contribution >= 4 is 25.5 Å². The first-order valence-corrected chi connectivity index (χ1v) is 14.7. The maximum Gasteiger partial charge on any atom is 0.206 e. The monoisotopic (exact) mass is 532 g/mol. The molecule has 0 atom stereocenters. The van der Waals surface area contributed by atoms with E-state index in [0.29, 0.717) is 6.42 Å². The van der Waals surface area contributed by atoms with Crippen LogP contribution in [0.5, 0.6) is 0 Å². The average Bonchev–Trinajstić information content (AvgIpc) is 2.89. The molecule has 0 saturated carbocycles. The van der Waals surface area contributed by atoms with Gasteiger partial charge in [-0.3, -0.25) is 4.79 Å². The van der Waals surface area contributed by atoms with Crippen LogP contribution in [-0.4, -0.2) is 27.4 Å². The lowest BCUT2D eigenvalue weighted by atomic mass is 10.0. The molecule has 0 aliphatic carbocycles. The minimum atomic E-state index is -3.98. The summed E-state index contributed by atoms with van der Waals surface area (Å²) in [5, 5.41) is 0. The number of ketones is 1. The maximum absolute atomic E-state index is 13.2. The Bertz CT molecular complexity index is 1620. The van der Waals surface area contributed by atoms with Gasteiger partial charge in [0, 0.05) is 5.56 Å². The quantitative estimate of drug-likeness (QED) is 0.266. The van der Waals surface area contributed by atoms with E-state index in [1.165, 1.54) is 50.2 Å². The van der Waals surface area contributed by atoms with Gasteiger partial charge in [0.25, 0.3) is 0 Å². The summed E-state index contributed by atoms with van der Waals surface area (Å²) in [4.78, 5) is 13.5. The van der Waals surface area contributed by atoms with Crippen LogP contribution in [0.1, 0.15) is 40.9 Å². The fourth-order valence-electron chi connectivity index (χ4n) is 4.02. The Morgan fingerprint density at radius 3 is 1.62 bits per heavy atom. The molecule has 0 unspecified atom stereocenters. The number of carbonyl (C=O) groups excluding carboxylic acids is 1.